The molecule has 0 saturated heterocycles. The van der Waals surface area contributed by atoms with Crippen LogP contribution < -0.4 is 0 Å². The van der Waals surface area contributed by atoms with E-state index in [-0.39, 0.29) is 0 Å². The third-order valence-corrected chi connectivity index (χ3v) is 4.14. The van der Waals surface area contributed by atoms with Gasteiger partial charge in [-0.1, -0.05) is 0 Å². The van der Waals surface area contributed by atoms with Gasteiger partial charge in [-0.25, -0.2) is 0 Å². The van der Waals surface area contributed by atoms with Gasteiger partial charge in [0.05, 0.1) is 0 Å². The molecule has 0 aromatic carbocycles. The normalized spacial score (nSPS) is 11.9. The maximum atomic E-state index is 12.2. The van der Waals surface area contributed by atoms with E-state index in [9.17, 15) is 3.32 Å². The standard InChI is InChI=1S/2C4H10O2.C4H9O.O.Ti/c2*1-2-3-4-6-5;1-2-3-4-5;;/h2*5H,2-4H2,1H3;2-4H2,1H3;;/q;;-1;;+3/p-2. The third kappa shape index (κ3) is 11.8. The van der Waals surface area contributed by atoms with Gasteiger partial charge in [-0.05, 0) is 0 Å². The molecule has 0 amide bonds. The van der Waals surface area contributed by atoms with Gasteiger partial charge in [0.1, 0.15) is 0 Å². The molecule has 7 heteroatoms. The van der Waals surface area contributed by atoms with E-state index in [1.165, 1.54) is 0 Å². The van der Waals surface area contributed by atoms with Crippen LogP contribution in [-0.2, 0) is 41.1 Å². The summed E-state index contributed by atoms with van der Waals surface area (Å²) in [5.41, 5.74) is 0. The van der Waals surface area contributed by atoms with Crippen LogP contribution in [0.15, 0.2) is 0 Å². The Kier molecular flexibility index (Phi) is 13.5. The summed E-state index contributed by atoms with van der Waals surface area (Å²) >= 11 is -4.62. The second-order valence-corrected chi connectivity index (χ2v) is 6.75. The molecule has 19 heavy (non-hydrogen) atoms. The quantitative estimate of drug-likeness (QED) is 0.211. The Morgan fingerprint density at radius 2 is 1.16 bits per heavy atom. The van der Waals surface area contributed by atoms with Crippen LogP contribution in [0.3, 0.4) is 0 Å². The molecule has 0 aromatic heterocycles. The molecule has 115 valence electrons. The monoisotopic (exact) mass is 315 g/mol. The first-order valence-electron chi connectivity index (χ1n) is 7.14. The molecule has 0 fully saturated rings. The average molecular weight is 315 g/mol. The topological polar surface area (TPSA) is 63.2 Å². The van der Waals surface area contributed by atoms with E-state index in [2.05, 4.69) is 0 Å². The number of unbranched alkanes of at least 4 members (excludes halogenated alkanes) is 3. The number of rotatable bonds is 14. The van der Waals surface area contributed by atoms with Crippen LogP contribution in [0.5, 0.6) is 0 Å². The van der Waals surface area contributed by atoms with E-state index >= 15 is 0 Å². The molecular weight excluding hydrogens is 288 g/mol. The average Bonchev–Trinajstić information content (AvgIpc) is 2.41. The SMILES string of the molecule is CCCCO[O][Ti](=[O])([O]CCCC)[O]OCCCC. The molecule has 0 N–H and O–H groups in total. The predicted octanol–water partition coefficient (Wildman–Crippen LogP) is 3.54. The van der Waals surface area contributed by atoms with E-state index in [1.54, 1.807) is 0 Å². The molecule has 0 unspecified atom stereocenters. The van der Waals surface area contributed by atoms with Crippen molar-refractivity contribution in [3.8, 4) is 0 Å². The van der Waals surface area contributed by atoms with Crippen LogP contribution >= 0.6 is 0 Å². The first kappa shape index (κ1) is 19.3. The molecule has 0 spiro atoms. The van der Waals surface area contributed by atoms with Gasteiger partial charge >= 0.3 is 120 Å². The van der Waals surface area contributed by atoms with Crippen molar-refractivity contribution in [3.05, 3.63) is 0 Å². The van der Waals surface area contributed by atoms with E-state index in [0.29, 0.717) is 19.8 Å². The second kappa shape index (κ2) is 13.3. The van der Waals surface area contributed by atoms with E-state index < -0.39 is 17.7 Å². The Hall–Kier alpha value is 0.314. The van der Waals surface area contributed by atoms with Gasteiger partial charge in [0.2, 0.25) is 0 Å². The Bertz CT molecular complexity index is 220. The molecular formula is C12H27O6Ti. The van der Waals surface area contributed by atoms with Crippen LogP contribution in [0.1, 0.15) is 59.3 Å². The zero-order valence-corrected chi connectivity index (χ0v) is 13.9. The van der Waals surface area contributed by atoms with Crippen molar-refractivity contribution in [1.29, 1.82) is 0 Å². The molecule has 0 atom stereocenters. The summed E-state index contributed by atoms with van der Waals surface area (Å²) in [6, 6.07) is 0. The van der Waals surface area contributed by atoms with Crippen LogP contribution in [0.4, 0.5) is 0 Å². The Morgan fingerprint density at radius 1 is 0.737 bits per heavy atom. The predicted molar refractivity (Wildman–Crippen MR) is 65.4 cm³/mol. The summed E-state index contributed by atoms with van der Waals surface area (Å²) in [5.74, 6) is 0. The summed E-state index contributed by atoms with van der Waals surface area (Å²) in [4.78, 5) is 9.74. The first-order valence-corrected chi connectivity index (χ1v) is 9.69. The molecule has 0 rings (SSSR count). The molecule has 0 aliphatic rings. The molecule has 0 bridgehead atoms. The molecule has 0 aliphatic carbocycles. The van der Waals surface area contributed by atoms with Gasteiger partial charge in [0.25, 0.3) is 0 Å². The van der Waals surface area contributed by atoms with Crippen molar-refractivity contribution < 1.29 is 41.1 Å². The van der Waals surface area contributed by atoms with Crippen LogP contribution in [0, 0.1) is 0 Å². The van der Waals surface area contributed by atoms with Crippen molar-refractivity contribution in [2.75, 3.05) is 19.8 Å². The fourth-order valence-corrected chi connectivity index (χ4v) is 2.56. The maximum absolute atomic E-state index is 12.2. The Balaban J connectivity index is 4.00. The summed E-state index contributed by atoms with van der Waals surface area (Å²) in [7, 11) is 0. The molecule has 6 nitrogen and oxygen atoms in total. The zero-order valence-electron chi connectivity index (χ0n) is 12.3. The molecule has 0 heterocycles. The summed E-state index contributed by atoms with van der Waals surface area (Å²) in [6.45, 7) is 7.10. The van der Waals surface area contributed by atoms with Gasteiger partial charge < -0.3 is 0 Å². The van der Waals surface area contributed by atoms with Gasteiger partial charge in [-0.15, -0.1) is 0 Å². The first-order chi connectivity index (χ1) is 9.18. The van der Waals surface area contributed by atoms with Crippen molar-refractivity contribution >= 4 is 0 Å². The van der Waals surface area contributed by atoms with E-state index in [4.69, 9.17) is 20.0 Å². The van der Waals surface area contributed by atoms with Crippen molar-refractivity contribution in [2.45, 2.75) is 59.3 Å². The van der Waals surface area contributed by atoms with Crippen LogP contribution in [-0.4, -0.2) is 19.8 Å². The van der Waals surface area contributed by atoms with Crippen molar-refractivity contribution in [2.24, 2.45) is 0 Å². The molecule has 0 aliphatic heterocycles. The van der Waals surface area contributed by atoms with E-state index in [1.807, 2.05) is 20.8 Å². The van der Waals surface area contributed by atoms with Crippen LogP contribution in [0.2, 0.25) is 0 Å². The van der Waals surface area contributed by atoms with Gasteiger partial charge in [0, 0.05) is 0 Å². The number of hydrogen-bond acceptors (Lipinski definition) is 6. The Morgan fingerprint density at radius 3 is 1.58 bits per heavy atom. The van der Waals surface area contributed by atoms with Gasteiger partial charge in [-0.2, -0.15) is 0 Å². The minimum absolute atomic E-state index is 0.314. The molecule has 0 aromatic rings. The summed E-state index contributed by atoms with van der Waals surface area (Å²) < 4.78 is 27.0. The van der Waals surface area contributed by atoms with Crippen LogP contribution in [0.25, 0.3) is 0 Å². The zero-order chi connectivity index (χ0) is 14.4. The van der Waals surface area contributed by atoms with Gasteiger partial charge in [-0.3, -0.25) is 0 Å². The van der Waals surface area contributed by atoms with E-state index in [0.717, 1.165) is 38.5 Å². The Labute approximate surface area is 120 Å². The van der Waals surface area contributed by atoms with Crippen molar-refractivity contribution in [3.63, 3.8) is 0 Å². The summed E-state index contributed by atoms with van der Waals surface area (Å²) in [5, 5.41) is 0. The number of hydrogen-bond donors (Lipinski definition) is 0. The van der Waals surface area contributed by atoms with Gasteiger partial charge in [0.15, 0.2) is 0 Å². The second-order valence-electron chi connectivity index (χ2n) is 4.22. The van der Waals surface area contributed by atoms with Crippen molar-refractivity contribution in [1.82, 2.24) is 0 Å². The molecule has 0 saturated carbocycles. The fourth-order valence-electron chi connectivity index (χ4n) is 1.04. The third-order valence-electron chi connectivity index (χ3n) is 2.26. The molecule has 0 radical (unpaired) electrons. The minimum atomic E-state index is -4.62. The fraction of sp³-hybridized carbons (Fsp3) is 1.00. The summed E-state index contributed by atoms with van der Waals surface area (Å²) in [6.07, 6.45) is 5.30.